The van der Waals surface area contributed by atoms with Gasteiger partial charge in [-0.3, -0.25) is 4.79 Å². The zero-order valence-corrected chi connectivity index (χ0v) is 20.2. The van der Waals surface area contributed by atoms with Gasteiger partial charge in [-0.25, -0.2) is 0 Å². The molecule has 5 heteroatoms. The molecule has 0 aliphatic carbocycles. The van der Waals surface area contributed by atoms with Crippen LogP contribution in [0, 0.1) is 0 Å². The molecule has 1 N–H and O–H groups in total. The average molecular weight is 434 g/mol. The lowest BCUT2D eigenvalue weighted by atomic mass is 10.1. The third kappa shape index (κ3) is 23.5. The Morgan fingerprint density at radius 3 is 2.00 bits per heavy atom. The van der Waals surface area contributed by atoms with Gasteiger partial charge in [-0.2, -0.15) is 0 Å². The van der Waals surface area contributed by atoms with Crippen LogP contribution in [0.2, 0.25) is 19.6 Å². The molecule has 0 aromatic carbocycles. The van der Waals surface area contributed by atoms with Crippen LogP contribution in [-0.2, 0) is 14.0 Å². The van der Waals surface area contributed by atoms with Crippen molar-refractivity contribution in [3.8, 4) is 0 Å². The minimum Gasteiger partial charge on any atom is -0.463 e. The Hall–Kier alpha value is -0.653. The van der Waals surface area contributed by atoms with E-state index in [1.165, 1.54) is 38.5 Å². The van der Waals surface area contributed by atoms with Crippen molar-refractivity contribution in [1.82, 2.24) is 0 Å². The zero-order chi connectivity index (χ0) is 26.3. The van der Waals surface area contributed by atoms with E-state index in [0.29, 0.717) is 6.42 Å². The van der Waals surface area contributed by atoms with Gasteiger partial charge in [0, 0.05) is 6.42 Å². The number of unbranched alkanes of at least 4 members (excludes halogenated alkanes) is 11. The Bertz CT molecular complexity index is 592. The quantitative estimate of drug-likeness (QED) is 0.0995. The molecule has 4 nitrogen and oxygen atoms in total. The second-order valence-corrected chi connectivity index (χ2v) is 13.0. The zero-order valence-electron chi connectivity index (χ0n) is 24.2. The summed E-state index contributed by atoms with van der Waals surface area (Å²) in [5.74, 6) is -0.905. The number of allylic oxidation sites excluding steroid dienone is 2. The topological polar surface area (TPSA) is 55.8 Å². The van der Waals surface area contributed by atoms with Crippen LogP contribution in [0.3, 0.4) is 0 Å². The molecule has 0 radical (unpaired) electrons. The van der Waals surface area contributed by atoms with Crippen molar-refractivity contribution >= 4 is 14.3 Å². The summed E-state index contributed by atoms with van der Waals surface area (Å²) in [6.45, 7) is 0.883. The van der Waals surface area contributed by atoms with Gasteiger partial charge in [-0.15, -0.1) is 0 Å². The van der Waals surface area contributed by atoms with Gasteiger partial charge in [0.1, 0.15) is 12.6 Å². The van der Waals surface area contributed by atoms with Crippen LogP contribution in [0.1, 0.15) is 104 Å². The van der Waals surface area contributed by atoms with Gasteiger partial charge in [0.2, 0.25) is 0 Å². The summed E-state index contributed by atoms with van der Waals surface area (Å²) in [5, 5.41) is 10.2. The van der Waals surface area contributed by atoms with Crippen molar-refractivity contribution in [2.45, 2.75) is 123 Å². The Balaban J connectivity index is 4.05. The molecule has 0 aliphatic heterocycles. The molecule has 172 valence electrons. The Kier molecular flexibility index (Phi) is 13.5. The van der Waals surface area contributed by atoms with Crippen molar-refractivity contribution in [2.75, 3.05) is 13.1 Å². The molecule has 0 aliphatic rings. The van der Waals surface area contributed by atoms with Crippen LogP contribution in [0.5, 0.6) is 0 Å². The van der Waals surface area contributed by atoms with Crippen LogP contribution >= 0.6 is 0 Å². The van der Waals surface area contributed by atoms with Crippen molar-refractivity contribution < 1.29 is 25.9 Å². The fourth-order valence-corrected chi connectivity index (χ4v) is 3.12. The number of esters is 1. The lowest BCUT2D eigenvalue weighted by molar-refractivity contribution is -0.147. The van der Waals surface area contributed by atoms with E-state index in [-0.39, 0.29) is 6.42 Å². The maximum atomic E-state index is 12.0. The van der Waals surface area contributed by atoms with E-state index >= 15 is 0 Å². The first-order chi connectivity index (χ1) is 15.7. The Morgan fingerprint density at radius 1 is 0.931 bits per heavy atom. The maximum absolute atomic E-state index is 12.0. The highest BCUT2D eigenvalue weighted by Crippen LogP contribution is 2.10. The average Bonchev–Trinajstić information content (AvgIpc) is 2.68. The van der Waals surface area contributed by atoms with Gasteiger partial charge in [-0.1, -0.05) is 70.4 Å². The molecule has 0 aromatic rings. The summed E-state index contributed by atoms with van der Waals surface area (Å²) < 4.78 is 48.8. The number of aliphatic hydroxyl groups is 1. The SMILES string of the molecule is [2H]C([2H])(OC(=O)CCCCCCC/C=C\CCCCCCCC)C([2H])(O)C([2H])([2H])O[Si](C)(C)C. The van der Waals surface area contributed by atoms with Crippen LogP contribution in [0.4, 0.5) is 0 Å². The first-order valence-electron chi connectivity index (χ1n) is 14.0. The molecule has 0 amide bonds. The molecule has 0 fully saturated rings. The molecular weight excluding hydrogens is 380 g/mol. The number of hydrogen-bond donors (Lipinski definition) is 1. The number of carbonyl (C=O) groups is 1. The highest BCUT2D eigenvalue weighted by Gasteiger charge is 2.17. The molecule has 0 saturated carbocycles. The summed E-state index contributed by atoms with van der Waals surface area (Å²) in [5.41, 5.74) is 0. The largest absolute Gasteiger partial charge is 0.463 e. The summed E-state index contributed by atoms with van der Waals surface area (Å²) in [6, 6.07) is 0. The fourth-order valence-electron chi connectivity index (χ4n) is 2.72. The van der Waals surface area contributed by atoms with E-state index in [4.69, 9.17) is 11.3 Å². The second kappa shape index (κ2) is 19.3. The fraction of sp³-hybridized carbons (Fsp3) is 0.875. The number of ether oxygens (including phenoxy) is 1. The van der Waals surface area contributed by atoms with E-state index in [9.17, 15) is 9.90 Å². The van der Waals surface area contributed by atoms with Gasteiger partial charge < -0.3 is 14.3 Å². The standard InChI is InChI=1S/C24H48O4Si/c1-5-6-7-8-9-10-11-12-13-14-15-16-17-18-19-20-24(26)27-21-23(25)22-28-29(2,3)4/h12-13,23,25H,5-11,14-22H2,1-4H3/b13-12-/i21D2,22D2,23D. The number of rotatable bonds is 20. The summed E-state index contributed by atoms with van der Waals surface area (Å²) in [6.07, 6.45) is 15.6. The summed E-state index contributed by atoms with van der Waals surface area (Å²) in [7, 11) is -2.54. The number of hydrogen-bond acceptors (Lipinski definition) is 4. The van der Waals surface area contributed by atoms with Gasteiger partial charge in [-0.05, 0) is 51.7 Å². The van der Waals surface area contributed by atoms with Crippen LogP contribution in [0.15, 0.2) is 12.2 Å². The van der Waals surface area contributed by atoms with E-state index in [1.807, 2.05) is 0 Å². The summed E-state index contributed by atoms with van der Waals surface area (Å²) >= 11 is 0. The lowest BCUT2D eigenvalue weighted by Crippen LogP contribution is -2.32. The summed E-state index contributed by atoms with van der Waals surface area (Å²) in [4.78, 5) is 12.0. The monoisotopic (exact) mass is 433 g/mol. The Morgan fingerprint density at radius 2 is 1.45 bits per heavy atom. The number of carbonyl (C=O) groups excluding carboxylic acids is 1. The van der Waals surface area contributed by atoms with Gasteiger partial charge >= 0.3 is 5.97 Å². The second-order valence-electron chi connectivity index (χ2n) is 8.58. The first kappa shape index (κ1) is 20.3. The molecule has 0 aromatic heterocycles. The molecule has 1 unspecified atom stereocenters. The molecule has 1 atom stereocenters. The Labute approximate surface area is 188 Å². The molecule has 0 bridgehead atoms. The maximum Gasteiger partial charge on any atom is 0.305 e. The third-order valence-corrected chi connectivity index (χ3v) is 5.07. The van der Waals surface area contributed by atoms with Gasteiger partial charge in [0.05, 0.1) is 13.4 Å². The van der Waals surface area contributed by atoms with E-state index in [1.54, 1.807) is 19.6 Å². The molecule has 0 rings (SSSR count). The van der Waals surface area contributed by atoms with E-state index in [0.717, 1.165) is 38.5 Å². The van der Waals surface area contributed by atoms with Crippen molar-refractivity contribution in [3.05, 3.63) is 12.2 Å². The normalized spacial score (nSPS) is 17.8. The minimum absolute atomic E-state index is 0.0500. The van der Waals surface area contributed by atoms with Crippen molar-refractivity contribution in [1.29, 1.82) is 0 Å². The molecule has 0 heterocycles. The first-order valence-corrected chi connectivity index (χ1v) is 14.9. The predicted octanol–water partition coefficient (Wildman–Crippen LogP) is 6.78. The molecule has 29 heavy (non-hydrogen) atoms. The smallest absolute Gasteiger partial charge is 0.305 e. The van der Waals surface area contributed by atoms with Crippen LogP contribution < -0.4 is 0 Å². The van der Waals surface area contributed by atoms with Crippen molar-refractivity contribution in [3.63, 3.8) is 0 Å². The molecule has 0 spiro atoms. The van der Waals surface area contributed by atoms with Crippen molar-refractivity contribution in [2.24, 2.45) is 0 Å². The van der Waals surface area contributed by atoms with Gasteiger partial charge in [0.25, 0.3) is 0 Å². The van der Waals surface area contributed by atoms with Crippen LogP contribution in [0.25, 0.3) is 0 Å². The van der Waals surface area contributed by atoms with Gasteiger partial charge in [0.15, 0.2) is 8.32 Å². The molecular formula is C24H48O4Si. The highest BCUT2D eigenvalue weighted by atomic mass is 28.4. The lowest BCUT2D eigenvalue weighted by Gasteiger charge is -2.20. The van der Waals surface area contributed by atoms with E-state index < -0.39 is 33.5 Å². The third-order valence-electron chi connectivity index (χ3n) is 4.36. The van der Waals surface area contributed by atoms with Crippen LogP contribution in [-0.4, -0.2) is 38.6 Å². The van der Waals surface area contributed by atoms with E-state index in [2.05, 4.69) is 23.8 Å². The molecule has 0 saturated heterocycles. The highest BCUT2D eigenvalue weighted by molar-refractivity contribution is 6.69. The predicted molar refractivity (Wildman–Crippen MR) is 126 cm³/mol. The minimum atomic E-state index is -3.40.